The number of benzene rings is 1. The minimum absolute atomic E-state index is 0.00358. The van der Waals surface area contributed by atoms with Crippen LogP contribution in [0.2, 0.25) is 0 Å². The van der Waals surface area contributed by atoms with Gasteiger partial charge in [-0.2, -0.15) is 4.31 Å². The van der Waals surface area contributed by atoms with E-state index in [9.17, 15) is 17.4 Å². The molecule has 2 rings (SSSR count). The van der Waals surface area contributed by atoms with Crippen molar-refractivity contribution >= 4 is 25.7 Å². The summed E-state index contributed by atoms with van der Waals surface area (Å²) in [5.74, 6) is 1.19. The Labute approximate surface area is 217 Å². The van der Waals surface area contributed by atoms with Crippen LogP contribution in [0.5, 0.6) is 0 Å². The van der Waals surface area contributed by atoms with E-state index in [-0.39, 0.29) is 19.1 Å². The van der Waals surface area contributed by atoms with E-state index in [0.717, 1.165) is 36.4 Å². The third-order valence-corrected chi connectivity index (χ3v) is 11.1. The molecule has 0 heterocycles. The topological polar surface area (TPSA) is 93.1 Å². The van der Waals surface area contributed by atoms with Crippen molar-refractivity contribution in [2.45, 2.75) is 75.5 Å². The first kappa shape index (κ1) is 30.1. The van der Waals surface area contributed by atoms with Gasteiger partial charge in [0.1, 0.15) is 6.04 Å². The summed E-state index contributed by atoms with van der Waals surface area (Å²) < 4.78 is 50.7. The fourth-order valence-electron chi connectivity index (χ4n) is 4.57. The van der Waals surface area contributed by atoms with Crippen molar-refractivity contribution in [3.05, 3.63) is 41.8 Å². The summed E-state index contributed by atoms with van der Waals surface area (Å²) in [5, 5.41) is 1.53. The van der Waals surface area contributed by atoms with Crippen LogP contribution >= 0.6 is 0 Å². The number of hydrogen-bond donors (Lipinski definition) is 0. The largest absolute Gasteiger partial charge is 0.465 e. The molecule has 0 amide bonds. The van der Waals surface area contributed by atoms with Crippen molar-refractivity contribution in [2.75, 3.05) is 20.2 Å². The number of hydrogen-bond acceptors (Lipinski definition) is 6. The number of carbonyl (C=O) groups is 1. The SMILES string of the molecule is C#CCN([C@H](C(=O)OCC)[C@@H](/C=C/[S@@](=O)(=NC)c1ccccc1)C1CCCCC1)S(=O)(=O)C(C)(C)C. The predicted octanol–water partition coefficient (Wildman–Crippen LogP) is 4.85. The van der Waals surface area contributed by atoms with Crippen LogP contribution in [-0.2, 0) is 29.3 Å². The lowest BCUT2D eigenvalue weighted by Crippen LogP contribution is -2.55. The van der Waals surface area contributed by atoms with E-state index in [1.54, 1.807) is 58.0 Å². The summed E-state index contributed by atoms with van der Waals surface area (Å²) in [6, 6.07) is 7.72. The van der Waals surface area contributed by atoms with E-state index < -0.39 is 42.4 Å². The molecule has 1 aromatic rings. The highest BCUT2D eigenvalue weighted by Gasteiger charge is 2.47. The Bertz CT molecular complexity index is 1160. The van der Waals surface area contributed by atoms with Gasteiger partial charge >= 0.3 is 5.97 Å². The third-order valence-electron chi connectivity index (χ3n) is 6.56. The van der Waals surface area contributed by atoms with Gasteiger partial charge in [0.2, 0.25) is 10.0 Å². The first-order chi connectivity index (χ1) is 16.9. The Morgan fingerprint density at radius 2 is 1.81 bits per heavy atom. The fraction of sp³-hybridized carbons (Fsp3) is 0.593. The number of sulfonamides is 1. The lowest BCUT2D eigenvalue weighted by atomic mass is 9.76. The molecule has 200 valence electrons. The van der Waals surface area contributed by atoms with Gasteiger partial charge in [-0.1, -0.05) is 49.5 Å². The summed E-state index contributed by atoms with van der Waals surface area (Å²) in [4.78, 5) is 14.0. The highest BCUT2D eigenvalue weighted by Crippen LogP contribution is 2.37. The number of carbonyl (C=O) groups excluding carboxylic acids is 1. The lowest BCUT2D eigenvalue weighted by Gasteiger charge is -2.40. The van der Waals surface area contributed by atoms with E-state index in [2.05, 4.69) is 10.3 Å². The minimum atomic E-state index is -4.00. The minimum Gasteiger partial charge on any atom is -0.465 e. The monoisotopic (exact) mass is 536 g/mol. The molecule has 9 heteroatoms. The van der Waals surface area contributed by atoms with Gasteiger partial charge in [0.25, 0.3) is 0 Å². The number of nitrogens with zero attached hydrogens (tertiary/aromatic N) is 2. The zero-order chi connectivity index (χ0) is 27.0. The number of rotatable bonds is 10. The molecule has 1 aromatic carbocycles. The van der Waals surface area contributed by atoms with Crippen LogP contribution in [0.4, 0.5) is 0 Å². The van der Waals surface area contributed by atoms with Gasteiger partial charge < -0.3 is 4.74 Å². The standard InChI is InChI=1S/C27H40N2O5S2/c1-7-20-29(36(32,33)27(3,4)5)25(26(30)34-8-2)24(22-15-11-9-12-16-22)19-21-35(31,28-6)23-17-13-10-14-18-23/h1,10,13-14,17-19,21-22,24-25H,8-9,11-12,15-16,20H2,2-6H3/b21-19+/t24-,25-,35-/m0/s1. The molecule has 0 spiro atoms. The van der Waals surface area contributed by atoms with Crippen molar-refractivity contribution in [2.24, 2.45) is 16.2 Å². The molecule has 0 aromatic heterocycles. The molecule has 7 nitrogen and oxygen atoms in total. The smallest absolute Gasteiger partial charge is 0.325 e. The number of terminal acetylenes is 1. The normalized spacial score (nSPS) is 18.8. The Morgan fingerprint density at radius 1 is 1.19 bits per heavy atom. The molecular weight excluding hydrogens is 496 g/mol. The average molecular weight is 537 g/mol. The van der Waals surface area contributed by atoms with Crippen molar-refractivity contribution < 1.29 is 22.2 Å². The molecule has 0 unspecified atom stereocenters. The molecule has 1 aliphatic rings. The Hall–Kier alpha value is -2.15. The van der Waals surface area contributed by atoms with E-state index in [4.69, 9.17) is 11.2 Å². The summed E-state index contributed by atoms with van der Waals surface area (Å²) in [6.07, 6.45) is 12.0. The van der Waals surface area contributed by atoms with Gasteiger partial charge in [0.15, 0.2) is 0 Å². The molecule has 0 aliphatic heterocycles. The van der Waals surface area contributed by atoms with E-state index >= 15 is 0 Å². The molecule has 0 radical (unpaired) electrons. The average Bonchev–Trinajstić information content (AvgIpc) is 2.85. The highest BCUT2D eigenvalue weighted by molar-refractivity contribution is 7.96. The maximum absolute atomic E-state index is 13.8. The first-order valence-electron chi connectivity index (χ1n) is 12.4. The lowest BCUT2D eigenvalue weighted by molar-refractivity contribution is -0.149. The molecule has 3 atom stereocenters. The van der Waals surface area contributed by atoms with Gasteiger partial charge in [-0.3, -0.25) is 4.79 Å². The zero-order valence-corrected chi connectivity index (χ0v) is 23.7. The molecular formula is C27H40N2O5S2. The molecule has 0 saturated heterocycles. The van der Waals surface area contributed by atoms with Crippen LogP contribution < -0.4 is 0 Å². The third kappa shape index (κ3) is 6.99. The molecule has 0 N–H and O–H groups in total. The van der Waals surface area contributed by atoms with Crippen LogP contribution in [0.1, 0.15) is 59.8 Å². The molecule has 1 aliphatic carbocycles. The van der Waals surface area contributed by atoms with E-state index in [0.29, 0.717) is 4.90 Å². The predicted molar refractivity (Wildman–Crippen MR) is 145 cm³/mol. The summed E-state index contributed by atoms with van der Waals surface area (Å²) in [7, 11) is -5.43. The summed E-state index contributed by atoms with van der Waals surface area (Å²) >= 11 is 0. The van der Waals surface area contributed by atoms with Gasteiger partial charge in [-0.25, -0.2) is 17.0 Å². The Balaban J connectivity index is 2.73. The van der Waals surface area contributed by atoms with E-state index in [1.165, 1.54) is 12.5 Å². The maximum Gasteiger partial charge on any atom is 0.325 e. The molecule has 36 heavy (non-hydrogen) atoms. The van der Waals surface area contributed by atoms with Gasteiger partial charge in [-0.15, -0.1) is 6.42 Å². The van der Waals surface area contributed by atoms with Crippen molar-refractivity contribution in [1.29, 1.82) is 0 Å². The molecule has 1 saturated carbocycles. The fourth-order valence-corrected chi connectivity index (χ4v) is 7.47. The van der Waals surface area contributed by atoms with Crippen molar-refractivity contribution in [3.63, 3.8) is 0 Å². The van der Waals surface area contributed by atoms with Crippen LogP contribution in [0.15, 0.2) is 51.1 Å². The quantitative estimate of drug-likeness (QED) is 0.315. The van der Waals surface area contributed by atoms with Gasteiger partial charge in [0.05, 0.1) is 32.5 Å². The second kappa shape index (κ2) is 12.9. The summed E-state index contributed by atoms with van der Waals surface area (Å²) in [6.45, 7) is 6.25. The second-order valence-electron chi connectivity index (χ2n) is 9.93. The molecule has 1 fully saturated rings. The Morgan fingerprint density at radius 3 is 2.31 bits per heavy atom. The van der Waals surface area contributed by atoms with Crippen LogP contribution in [0, 0.1) is 24.2 Å². The van der Waals surface area contributed by atoms with Crippen LogP contribution in [0.3, 0.4) is 0 Å². The number of esters is 1. The highest BCUT2D eigenvalue weighted by atomic mass is 32.2. The molecule has 0 bridgehead atoms. The van der Waals surface area contributed by atoms with Crippen molar-refractivity contribution in [3.8, 4) is 12.3 Å². The summed E-state index contributed by atoms with van der Waals surface area (Å²) in [5.41, 5.74) is 0. The van der Waals surface area contributed by atoms with Gasteiger partial charge in [-0.05, 0) is 58.6 Å². The van der Waals surface area contributed by atoms with E-state index in [1.807, 2.05) is 6.07 Å². The Kier molecular flexibility index (Phi) is 10.8. The van der Waals surface area contributed by atoms with Gasteiger partial charge in [0, 0.05) is 18.4 Å². The zero-order valence-electron chi connectivity index (χ0n) is 22.1. The maximum atomic E-state index is 13.8. The first-order valence-corrected chi connectivity index (χ1v) is 15.4. The van der Waals surface area contributed by atoms with Crippen LogP contribution in [-0.4, -0.2) is 53.9 Å². The second-order valence-corrected chi connectivity index (χ2v) is 14.8. The van der Waals surface area contributed by atoms with Crippen LogP contribution in [0.25, 0.3) is 0 Å². The number of ether oxygens (including phenoxy) is 1. The van der Waals surface area contributed by atoms with Crippen molar-refractivity contribution in [1.82, 2.24) is 4.31 Å².